The van der Waals surface area contributed by atoms with Gasteiger partial charge in [0.05, 0.1) is 5.69 Å². The van der Waals surface area contributed by atoms with E-state index in [-0.39, 0.29) is 0 Å². The molecule has 1 aromatic rings. The Bertz CT molecular complexity index is 576. The number of guanidine groups is 1. The van der Waals surface area contributed by atoms with Gasteiger partial charge in [0.15, 0.2) is 5.96 Å². The SMILES string of the molecule is CCNC(=NCC1(CCOCC)CCCC1)N1CCN(Cc2ccon2)CC1. The summed E-state index contributed by atoms with van der Waals surface area (Å²) in [6.07, 6.45) is 8.02. The first-order valence-corrected chi connectivity index (χ1v) is 11.0. The molecule has 2 aliphatic rings. The van der Waals surface area contributed by atoms with Crippen molar-refractivity contribution in [1.82, 2.24) is 20.3 Å². The molecule has 2 heterocycles. The van der Waals surface area contributed by atoms with Crippen LogP contribution in [0.25, 0.3) is 0 Å². The fourth-order valence-corrected chi connectivity index (χ4v) is 4.38. The molecule has 1 N–H and O–H groups in total. The molecule has 1 aliphatic carbocycles. The van der Waals surface area contributed by atoms with Crippen LogP contribution in [0.1, 0.15) is 51.6 Å². The van der Waals surface area contributed by atoms with Crippen LogP contribution in [-0.2, 0) is 11.3 Å². The van der Waals surface area contributed by atoms with Gasteiger partial charge < -0.3 is 19.5 Å². The van der Waals surface area contributed by atoms with E-state index in [2.05, 4.69) is 34.1 Å². The summed E-state index contributed by atoms with van der Waals surface area (Å²) in [7, 11) is 0. The van der Waals surface area contributed by atoms with Gasteiger partial charge in [0.2, 0.25) is 0 Å². The summed E-state index contributed by atoms with van der Waals surface area (Å²) in [6.45, 7) is 12.6. The van der Waals surface area contributed by atoms with E-state index < -0.39 is 0 Å². The molecule has 3 rings (SSSR count). The summed E-state index contributed by atoms with van der Waals surface area (Å²) >= 11 is 0. The highest BCUT2D eigenvalue weighted by molar-refractivity contribution is 5.80. The van der Waals surface area contributed by atoms with Gasteiger partial charge in [-0.1, -0.05) is 18.0 Å². The van der Waals surface area contributed by atoms with E-state index in [1.165, 1.54) is 25.7 Å². The van der Waals surface area contributed by atoms with Gasteiger partial charge >= 0.3 is 0 Å². The smallest absolute Gasteiger partial charge is 0.194 e. The molecular formula is C21H37N5O2. The lowest BCUT2D eigenvalue weighted by atomic mass is 9.83. The molecule has 1 aromatic heterocycles. The lowest BCUT2D eigenvalue weighted by Gasteiger charge is -2.36. The number of hydrogen-bond donors (Lipinski definition) is 1. The van der Waals surface area contributed by atoms with Gasteiger partial charge in [0.25, 0.3) is 0 Å². The van der Waals surface area contributed by atoms with E-state index in [1.807, 2.05) is 6.07 Å². The minimum atomic E-state index is 0.338. The monoisotopic (exact) mass is 391 g/mol. The molecular weight excluding hydrogens is 354 g/mol. The molecule has 158 valence electrons. The number of ether oxygens (including phenoxy) is 1. The van der Waals surface area contributed by atoms with Crippen LogP contribution in [0.3, 0.4) is 0 Å². The Morgan fingerprint density at radius 2 is 2.04 bits per heavy atom. The third-order valence-electron chi connectivity index (χ3n) is 6.09. The third kappa shape index (κ3) is 5.95. The van der Waals surface area contributed by atoms with Crippen molar-refractivity contribution >= 4 is 5.96 Å². The molecule has 1 saturated heterocycles. The minimum Gasteiger partial charge on any atom is -0.382 e. The van der Waals surface area contributed by atoms with Crippen molar-refractivity contribution in [3.05, 3.63) is 18.0 Å². The Balaban J connectivity index is 1.54. The topological polar surface area (TPSA) is 66.1 Å². The van der Waals surface area contributed by atoms with Crippen LogP contribution >= 0.6 is 0 Å². The molecule has 1 aliphatic heterocycles. The Hall–Kier alpha value is -1.60. The zero-order chi connectivity index (χ0) is 19.7. The molecule has 0 unspecified atom stereocenters. The van der Waals surface area contributed by atoms with Crippen LogP contribution in [0.4, 0.5) is 0 Å². The van der Waals surface area contributed by atoms with E-state index in [1.54, 1.807) is 6.26 Å². The molecule has 0 bridgehead atoms. The van der Waals surface area contributed by atoms with Crippen LogP contribution in [0.2, 0.25) is 0 Å². The standard InChI is InChI=1S/C21H37N5O2/c1-3-22-20(23-18-21(8-5-6-9-21)10-16-27-4-2)26-13-11-25(12-14-26)17-19-7-15-28-24-19/h7,15H,3-6,8-14,16-18H2,1-2H3,(H,22,23). The minimum absolute atomic E-state index is 0.338. The van der Waals surface area contributed by atoms with Crippen molar-refractivity contribution in [2.45, 2.75) is 52.5 Å². The van der Waals surface area contributed by atoms with Crippen LogP contribution in [-0.4, -0.2) is 73.4 Å². The summed E-state index contributed by atoms with van der Waals surface area (Å²) < 4.78 is 10.6. The molecule has 0 radical (unpaired) electrons. The first-order chi connectivity index (χ1) is 13.7. The van der Waals surface area contributed by atoms with Gasteiger partial charge in [-0.15, -0.1) is 0 Å². The number of rotatable bonds is 9. The first-order valence-electron chi connectivity index (χ1n) is 11.0. The fraction of sp³-hybridized carbons (Fsp3) is 0.810. The highest BCUT2D eigenvalue weighted by Gasteiger charge is 2.33. The fourth-order valence-electron chi connectivity index (χ4n) is 4.38. The second-order valence-electron chi connectivity index (χ2n) is 8.08. The molecule has 2 fully saturated rings. The van der Waals surface area contributed by atoms with Gasteiger partial charge in [-0.25, -0.2) is 0 Å². The quantitative estimate of drug-likeness (QED) is 0.397. The zero-order valence-corrected chi connectivity index (χ0v) is 17.7. The molecule has 28 heavy (non-hydrogen) atoms. The highest BCUT2D eigenvalue weighted by atomic mass is 16.5. The number of hydrogen-bond acceptors (Lipinski definition) is 5. The third-order valence-corrected chi connectivity index (χ3v) is 6.09. The van der Waals surface area contributed by atoms with Gasteiger partial charge in [-0.2, -0.15) is 0 Å². The number of nitrogens with one attached hydrogen (secondary N) is 1. The highest BCUT2D eigenvalue weighted by Crippen LogP contribution is 2.41. The molecule has 0 amide bonds. The summed E-state index contributed by atoms with van der Waals surface area (Å²) in [5.41, 5.74) is 1.34. The van der Waals surface area contributed by atoms with Crippen molar-refractivity contribution in [3.8, 4) is 0 Å². The largest absolute Gasteiger partial charge is 0.382 e. The summed E-state index contributed by atoms with van der Waals surface area (Å²) in [4.78, 5) is 9.94. The van der Waals surface area contributed by atoms with Gasteiger partial charge in [-0.05, 0) is 38.5 Å². The summed E-state index contributed by atoms with van der Waals surface area (Å²) in [5, 5.41) is 7.55. The maximum Gasteiger partial charge on any atom is 0.194 e. The zero-order valence-electron chi connectivity index (χ0n) is 17.7. The molecule has 7 heteroatoms. The van der Waals surface area contributed by atoms with Crippen LogP contribution < -0.4 is 5.32 Å². The van der Waals surface area contributed by atoms with Crippen LogP contribution in [0.5, 0.6) is 0 Å². The Morgan fingerprint density at radius 3 is 2.68 bits per heavy atom. The Morgan fingerprint density at radius 1 is 1.25 bits per heavy atom. The Labute approximate surface area is 169 Å². The maximum absolute atomic E-state index is 5.65. The number of piperazine rings is 1. The predicted octanol–water partition coefficient (Wildman–Crippen LogP) is 2.74. The lowest BCUT2D eigenvalue weighted by Crippen LogP contribution is -2.52. The average Bonchev–Trinajstić information content (AvgIpc) is 3.39. The van der Waals surface area contributed by atoms with Crippen molar-refractivity contribution in [2.24, 2.45) is 10.4 Å². The van der Waals surface area contributed by atoms with Crippen LogP contribution in [0.15, 0.2) is 21.8 Å². The molecule has 0 atom stereocenters. The second kappa shape index (κ2) is 10.8. The Kier molecular flexibility index (Phi) is 8.15. The van der Waals surface area contributed by atoms with Gasteiger partial charge in [0.1, 0.15) is 6.26 Å². The number of aromatic nitrogens is 1. The van der Waals surface area contributed by atoms with Crippen molar-refractivity contribution < 1.29 is 9.26 Å². The summed E-state index contributed by atoms with van der Waals surface area (Å²) in [6, 6.07) is 1.95. The molecule has 1 saturated carbocycles. The van der Waals surface area contributed by atoms with E-state index in [4.69, 9.17) is 14.3 Å². The summed E-state index contributed by atoms with van der Waals surface area (Å²) in [5.74, 6) is 1.08. The van der Waals surface area contributed by atoms with Crippen molar-refractivity contribution in [2.75, 3.05) is 52.5 Å². The molecule has 0 spiro atoms. The van der Waals surface area contributed by atoms with E-state index >= 15 is 0 Å². The number of aliphatic imine (C=N–C) groups is 1. The maximum atomic E-state index is 5.65. The van der Waals surface area contributed by atoms with Gasteiger partial charge in [0, 0.05) is 65.1 Å². The average molecular weight is 392 g/mol. The first kappa shape index (κ1) is 21.1. The van der Waals surface area contributed by atoms with Crippen molar-refractivity contribution in [3.63, 3.8) is 0 Å². The lowest BCUT2D eigenvalue weighted by molar-refractivity contribution is 0.106. The normalized spacial score (nSPS) is 20.6. The van der Waals surface area contributed by atoms with E-state index in [0.29, 0.717) is 5.41 Å². The molecule has 0 aromatic carbocycles. The van der Waals surface area contributed by atoms with E-state index in [9.17, 15) is 0 Å². The second-order valence-corrected chi connectivity index (χ2v) is 8.08. The van der Waals surface area contributed by atoms with E-state index in [0.717, 1.165) is 77.1 Å². The van der Waals surface area contributed by atoms with Crippen molar-refractivity contribution in [1.29, 1.82) is 0 Å². The predicted molar refractivity (Wildman–Crippen MR) is 111 cm³/mol. The van der Waals surface area contributed by atoms with Crippen LogP contribution in [0, 0.1) is 5.41 Å². The molecule has 7 nitrogen and oxygen atoms in total. The number of nitrogens with zero attached hydrogens (tertiary/aromatic N) is 4. The van der Waals surface area contributed by atoms with Gasteiger partial charge in [-0.3, -0.25) is 9.89 Å².